The second kappa shape index (κ2) is 9.33. The molecule has 0 bridgehead atoms. The third kappa shape index (κ3) is 4.58. The van der Waals surface area contributed by atoms with Crippen LogP contribution in [0.1, 0.15) is 16.1 Å². The van der Waals surface area contributed by atoms with Gasteiger partial charge in [-0.3, -0.25) is 9.79 Å². The van der Waals surface area contributed by atoms with Crippen LogP contribution in [0.2, 0.25) is 0 Å². The molecule has 35 heavy (non-hydrogen) atoms. The van der Waals surface area contributed by atoms with Gasteiger partial charge in [0, 0.05) is 35.5 Å². The van der Waals surface area contributed by atoms with Crippen molar-refractivity contribution in [2.24, 2.45) is 10.9 Å². The Bertz CT molecular complexity index is 1340. The van der Waals surface area contributed by atoms with Crippen molar-refractivity contribution in [1.82, 2.24) is 15.0 Å². The highest BCUT2D eigenvalue weighted by Crippen LogP contribution is 2.48. The number of nitrogens with zero attached hydrogens (tertiary/aromatic N) is 5. The molecule has 4 heterocycles. The molecule has 0 saturated carbocycles. The molecule has 13 heteroatoms. The van der Waals surface area contributed by atoms with Gasteiger partial charge in [0.2, 0.25) is 5.95 Å². The van der Waals surface area contributed by atoms with Crippen LogP contribution >= 0.6 is 34.4 Å². The highest BCUT2D eigenvalue weighted by molar-refractivity contribution is 14.1. The number of halogens is 5. The fourth-order valence-corrected chi connectivity index (χ4v) is 6.19. The lowest BCUT2D eigenvalue weighted by Gasteiger charge is -2.35. The van der Waals surface area contributed by atoms with Gasteiger partial charge in [-0.1, -0.05) is 11.8 Å². The van der Waals surface area contributed by atoms with E-state index >= 15 is 4.39 Å². The van der Waals surface area contributed by atoms with Crippen molar-refractivity contribution in [3.63, 3.8) is 0 Å². The first-order chi connectivity index (χ1) is 16.7. The molecule has 1 amide bonds. The molecule has 0 radical (unpaired) electrons. The third-order valence-corrected chi connectivity index (χ3v) is 7.92. The zero-order valence-electron chi connectivity index (χ0n) is 17.7. The van der Waals surface area contributed by atoms with Crippen molar-refractivity contribution in [3.05, 3.63) is 77.4 Å². The fourth-order valence-electron chi connectivity index (χ4n) is 4.27. The van der Waals surface area contributed by atoms with Crippen molar-refractivity contribution >= 4 is 54.9 Å². The maximum atomic E-state index is 15.3. The summed E-state index contributed by atoms with van der Waals surface area (Å²) in [5.41, 5.74) is -1.16. The molecule has 2 aromatic heterocycles. The van der Waals surface area contributed by atoms with Crippen LogP contribution in [-0.4, -0.2) is 42.8 Å². The van der Waals surface area contributed by atoms with E-state index in [2.05, 4.69) is 42.9 Å². The quantitative estimate of drug-likeness (QED) is 0.343. The normalized spacial score (nSPS) is 21.5. The van der Waals surface area contributed by atoms with Crippen LogP contribution in [0.5, 0.6) is 0 Å². The minimum Gasteiger partial charge on any atom is -0.338 e. The van der Waals surface area contributed by atoms with Crippen LogP contribution in [-0.2, 0) is 5.54 Å². The highest BCUT2D eigenvalue weighted by Gasteiger charge is 2.52. The largest absolute Gasteiger partial charge is 0.338 e. The fraction of sp³-hybridized carbons (Fsp3) is 0.227. The Morgan fingerprint density at radius 1 is 1.06 bits per heavy atom. The first-order valence-electron chi connectivity index (χ1n) is 10.3. The molecule has 5 rings (SSSR count). The van der Waals surface area contributed by atoms with Crippen LogP contribution in [0, 0.1) is 29.2 Å². The molecule has 0 spiro atoms. The highest BCUT2D eigenvalue weighted by atomic mass is 127. The van der Waals surface area contributed by atoms with Crippen LogP contribution in [0.15, 0.2) is 47.8 Å². The van der Waals surface area contributed by atoms with Crippen molar-refractivity contribution < 1.29 is 22.4 Å². The summed E-state index contributed by atoms with van der Waals surface area (Å²) in [6.07, 6.45) is 2.87. The number of carbonyl (C=O) groups is 1. The summed E-state index contributed by atoms with van der Waals surface area (Å²) in [5.74, 6) is -3.19. The van der Waals surface area contributed by atoms with E-state index in [0.29, 0.717) is 24.3 Å². The lowest BCUT2D eigenvalue weighted by Crippen LogP contribution is -2.38. The molecule has 1 fully saturated rings. The summed E-state index contributed by atoms with van der Waals surface area (Å²) in [5, 5.41) is 2.50. The first-order valence-corrected chi connectivity index (χ1v) is 12.3. The van der Waals surface area contributed by atoms with E-state index in [1.54, 1.807) is 11.8 Å². The Kier molecular flexibility index (Phi) is 6.38. The van der Waals surface area contributed by atoms with E-state index in [4.69, 9.17) is 4.99 Å². The number of hydrogen-bond donors (Lipinski definition) is 1. The predicted octanol–water partition coefficient (Wildman–Crippen LogP) is 4.55. The van der Waals surface area contributed by atoms with Crippen LogP contribution in [0.4, 0.5) is 29.2 Å². The van der Waals surface area contributed by atoms with Gasteiger partial charge in [-0.15, -0.1) is 0 Å². The third-order valence-electron chi connectivity index (χ3n) is 5.84. The number of hydrogen-bond acceptors (Lipinski definition) is 7. The lowest BCUT2D eigenvalue weighted by molar-refractivity contribution is 0.101. The Hall–Kier alpha value is -2.81. The smallest absolute Gasteiger partial charge is 0.277 e. The molecular weight excluding hydrogens is 599 g/mol. The lowest BCUT2D eigenvalue weighted by atomic mass is 9.81. The standard InChI is InChI=1S/C22H15F4IN6OS/c23-12-3-17(26)18(28-5-12)19(34)31-14-1-2-16(25)15(4-14)22-10-33(21-29-6-13(24)7-30-21)8-11(22)9-35-20(27)32-22/h1-7,11H,8-10H2,(H,31,34)/t11-,22-/m0/s1. The summed E-state index contributed by atoms with van der Waals surface area (Å²) in [6, 6.07) is 4.56. The van der Waals surface area contributed by atoms with E-state index in [1.807, 2.05) is 4.90 Å². The molecule has 2 aliphatic rings. The number of carbonyl (C=O) groups excluding carboxylic acids is 1. The molecule has 2 aliphatic heterocycles. The zero-order valence-corrected chi connectivity index (χ0v) is 20.7. The van der Waals surface area contributed by atoms with Crippen molar-refractivity contribution in [2.45, 2.75) is 5.54 Å². The number of fused-ring (bicyclic) bond motifs is 1. The average molecular weight is 614 g/mol. The SMILES string of the molecule is O=C(Nc1ccc(F)c([C@]23CN(c4ncc(F)cn4)C[C@H]2CSC(I)=N3)c1)c1ncc(F)cc1F. The molecule has 0 unspecified atom stereocenters. The second-order valence-corrected chi connectivity index (χ2v) is 10.8. The van der Waals surface area contributed by atoms with E-state index in [1.165, 1.54) is 18.2 Å². The minimum atomic E-state index is -1.11. The Morgan fingerprint density at radius 2 is 1.80 bits per heavy atom. The summed E-state index contributed by atoms with van der Waals surface area (Å²) < 4.78 is 56.5. The summed E-state index contributed by atoms with van der Waals surface area (Å²) >= 11 is 3.64. The van der Waals surface area contributed by atoms with Crippen molar-refractivity contribution in [3.8, 4) is 0 Å². The number of amides is 1. The summed E-state index contributed by atoms with van der Waals surface area (Å²) in [6.45, 7) is 0.700. The first kappa shape index (κ1) is 23.9. The van der Waals surface area contributed by atoms with E-state index in [9.17, 15) is 18.0 Å². The van der Waals surface area contributed by atoms with Gasteiger partial charge >= 0.3 is 0 Å². The van der Waals surface area contributed by atoms with E-state index < -0.39 is 40.4 Å². The summed E-state index contributed by atoms with van der Waals surface area (Å²) in [4.78, 5) is 30.8. The van der Waals surface area contributed by atoms with E-state index in [-0.39, 0.29) is 23.7 Å². The van der Waals surface area contributed by atoms with Gasteiger partial charge in [0.05, 0.1) is 25.1 Å². The molecule has 0 aliphatic carbocycles. The number of aromatic nitrogens is 3. The maximum Gasteiger partial charge on any atom is 0.277 e. The minimum absolute atomic E-state index is 0.128. The van der Waals surface area contributed by atoms with Gasteiger partial charge < -0.3 is 10.2 Å². The van der Waals surface area contributed by atoms with Gasteiger partial charge in [-0.2, -0.15) is 0 Å². The van der Waals surface area contributed by atoms with E-state index in [0.717, 1.165) is 21.6 Å². The molecule has 1 N–H and O–H groups in total. The number of anilines is 2. The maximum absolute atomic E-state index is 15.3. The van der Waals surface area contributed by atoms with Crippen LogP contribution < -0.4 is 10.2 Å². The van der Waals surface area contributed by atoms with Gasteiger partial charge in [-0.05, 0) is 40.8 Å². The van der Waals surface area contributed by atoms with Gasteiger partial charge in [0.15, 0.2) is 17.3 Å². The molecular formula is C22H15F4IN6OS. The topological polar surface area (TPSA) is 83.4 Å². The van der Waals surface area contributed by atoms with Gasteiger partial charge in [0.25, 0.3) is 5.91 Å². The number of rotatable bonds is 4. The molecule has 1 aromatic carbocycles. The molecule has 3 aromatic rings. The number of aliphatic imine (C=N–C) groups is 1. The molecule has 180 valence electrons. The Labute approximate surface area is 214 Å². The number of benzene rings is 1. The average Bonchev–Trinajstić information content (AvgIpc) is 3.20. The van der Waals surface area contributed by atoms with Crippen molar-refractivity contribution in [2.75, 3.05) is 29.1 Å². The monoisotopic (exact) mass is 614 g/mol. The van der Waals surface area contributed by atoms with Crippen LogP contribution in [0.25, 0.3) is 0 Å². The predicted molar refractivity (Wildman–Crippen MR) is 132 cm³/mol. The number of pyridine rings is 1. The zero-order chi connectivity index (χ0) is 24.7. The Morgan fingerprint density at radius 3 is 2.54 bits per heavy atom. The molecule has 2 atom stereocenters. The van der Waals surface area contributed by atoms with Crippen molar-refractivity contribution in [1.29, 1.82) is 0 Å². The number of thioether (sulfide) groups is 1. The van der Waals surface area contributed by atoms with Crippen LogP contribution in [0.3, 0.4) is 0 Å². The number of nitrogens with one attached hydrogen (secondary N) is 1. The van der Waals surface area contributed by atoms with Gasteiger partial charge in [0.1, 0.15) is 20.2 Å². The second-order valence-electron chi connectivity index (χ2n) is 8.01. The molecule has 1 saturated heterocycles. The Balaban J connectivity index is 1.50. The molecule has 7 nitrogen and oxygen atoms in total. The summed E-state index contributed by atoms with van der Waals surface area (Å²) in [7, 11) is 0. The van der Waals surface area contributed by atoms with Gasteiger partial charge in [-0.25, -0.2) is 32.5 Å².